The highest BCUT2D eigenvalue weighted by Gasteiger charge is 2.42. The standard InChI is InChI=1S/C17H20N2O7/c1-17(15(22)23)6-7-19(9-17)16(24)18-12-8-10(13(20)25-2)4-5-11(12)14(21)26-3/h4-5,8H,6-7,9H2,1-3H3,(H,18,24)(H,22,23). The van der Waals surface area contributed by atoms with Crippen LogP contribution in [0.15, 0.2) is 18.2 Å². The van der Waals surface area contributed by atoms with Crippen molar-refractivity contribution in [3.8, 4) is 0 Å². The minimum absolute atomic E-state index is 0.0401. The van der Waals surface area contributed by atoms with Crippen molar-refractivity contribution in [1.82, 2.24) is 4.90 Å². The molecule has 1 atom stereocenters. The smallest absolute Gasteiger partial charge is 0.339 e. The van der Waals surface area contributed by atoms with Gasteiger partial charge >= 0.3 is 23.9 Å². The van der Waals surface area contributed by atoms with Crippen molar-refractivity contribution >= 4 is 29.6 Å². The Kier molecular flexibility index (Phi) is 5.49. The number of hydrogen-bond acceptors (Lipinski definition) is 6. The number of carboxylic acids is 1. The second-order valence-electron chi connectivity index (χ2n) is 6.21. The van der Waals surface area contributed by atoms with E-state index in [0.29, 0.717) is 6.42 Å². The van der Waals surface area contributed by atoms with Crippen molar-refractivity contribution in [3.63, 3.8) is 0 Å². The first-order valence-corrected chi connectivity index (χ1v) is 7.82. The SMILES string of the molecule is COC(=O)c1ccc(C(=O)OC)c(NC(=O)N2CCC(C)(C(=O)O)C2)c1. The van der Waals surface area contributed by atoms with Crippen molar-refractivity contribution in [2.45, 2.75) is 13.3 Å². The lowest BCUT2D eigenvalue weighted by molar-refractivity contribution is -0.146. The molecule has 2 rings (SSSR count). The Hall–Kier alpha value is -3.10. The summed E-state index contributed by atoms with van der Waals surface area (Å²) in [5.74, 6) is -2.29. The van der Waals surface area contributed by atoms with Crippen LogP contribution in [0.3, 0.4) is 0 Å². The molecule has 2 amide bonds. The van der Waals surface area contributed by atoms with Crippen molar-refractivity contribution in [1.29, 1.82) is 0 Å². The predicted octanol–water partition coefficient (Wildman–Crippen LogP) is 1.59. The van der Waals surface area contributed by atoms with E-state index in [1.165, 1.54) is 37.3 Å². The van der Waals surface area contributed by atoms with Gasteiger partial charge in [0.1, 0.15) is 0 Å². The van der Waals surface area contributed by atoms with E-state index in [-0.39, 0.29) is 29.9 Å². The van der Waals surface area contributed by atoms with Crippen molar-refractivity contribution < 1.29 is 33.8 Å². The fourth-order valence-electron chi connectivity index (χ4n) is 2.68. The molecule has 1 heterocycles. The highest BCUT2D eigenvalue weighted by molar-refractivity contribution is 6.03. The average Bonchev–Trinajstić information content (AvgIpc) is 3.04. The van der Waals surface area contributed by atoms with Crippen LogP contribution in [-0.4, -0.2) is 61.3 Å². The highest BCUT2D eigenvalue weighted by atomic mass is 16.5. The van der Waals surface area contributed by atoms with Gasteiger partial charge in [-0.15, -0.1) is 0 Å². The zero-order valence-electron chi connectivity index (χ0n) is 14.7. The molecule has 140 valence electrons. The van der Waals surface area contributed by atoms with Gasteiger partial charge in [-0.1, -0.05) is 0 Å². The van der Waals surface area contributed by atoms with Gasteiger partial charge in [0.2, 0.25) is 0 Å². The van der Waals surface area contributed by atoms with Gasteiger partial charge < -0.3 is 24.8 Å². The molecule has 0 aromatic heterocycles. The largest absolute Gasteiger partial charge is 0.481 e. The maximum atomic E-state index is 12.5. The minimum Gasteiger partial charge on any atom is -0.481 e. The van der Waals surface area contributed by atoms with E-state index in [1.54, 1.807) is 6.92 Å². The number of likely N-dealkylation sites (tertiary alicyclic amines) is 1. The summed E-state index contributed by atoms with van der Waals surface area (Å²) >= 11 is 0. The zero-order valence-corrected chi connectivity index (χ0v) is 14.7. The molecule has 26 heavy (non-hydrogen) atoms. The van der Waals surface area contributed by atoms with Crippen LogP contribution in [-0.2, 0) is 14.3 Å². The Balaban J connectivity index is 2.26. The normalized spacial score (nSPS) is 19.0. The molecule has 1 unspecified atom stereocenters. The number of urea groups is 1. The summed E-state index contributed by atoms with van der Waals surface area (Å²) in [6.45, 7) is 1.87. The molecule has 0 saturated carbocycles. The van der Waals surface area contributed by atoms with E-state index in [9.17, 15) is 24.3 Å². The number of carbonyl (C=O) groups is 4. The van der Waals surface area contributed by atoms with Gasteiger partial charge in [-0.25, -0.2) is 14.4 Å². The molecule has 9 nitrogen and oxygen atoms in total. The van der Waals surface area contributed by atoms with Crippen LogP contribution < -0.4 is 5.32 Å². The van der Waals surface area contributed by atoms with E-state index < -0.39 is 29.4 Å². The first-order chi connectivity index (χ1) is 12.2. The third-order valence-electron chi connectivity index (χ3n) is 4.36. The van der Waals surface area contributed by atoms with Crippen LogP contribution in [0.1, 0.15) is 34.1 Å². The summed E-state index contributed by atoms with van der Waals surface area (Å²) in [5, 5.41) is 11.8. The Labute approximate surface area is 149 Å². The summed E-state index contributed by atoms with van der Waals surface area (Å²) in [6.07, 6.45) is 0.321. The fraction of sp³-hybridized carbons (Fsp3) is 0.412. The molecule has 1 aromatic rings. The molecule has 1 fully saturated rings. The van der Waals surface area contributed by atoms with E-state index in [4.69, 9.17) is 0 Å². The van der Waals surface area contributed by atoms with Gasteiger partial charge in [-0.2, -0.15) is 0 Å². The number of nitrogens with zero attached hydrogens (tertiary/aromatic N) is 1. The van der Waals surface area contributed by atoms with Crippen LogP contribution in [0.2, 0.25) is 0 Å². The first kappa shape index (κ1) is 19.2. The third-order valence-corrected chi connectivity index (χ3v) is 4.36. The second-order valence-corrected chi connectivity index (χ2v) is 6.21. The number of nitrogens with one attached hydrogen (secondary N) is 1. The summed E-state index contributed by atoms with van der Waals surface area (Å²) < 4.78 is 9.31. The van der Waals surface area contributed by atoms with Crippen molar-refractivity contribution in [2.24, 2.45) is 5.41 Å². The quantitative estimate of drug-likeness (QED) is 0.778. The molecule has 0 radical (unpaired) electrons. The number of carbonyl (C=O) groups excluding carboxylic acids is 3. The van der Waals surface area contributed by atoms with E-state index >= 15 is 0 Å². The summed E-state index contributed by atoms with van der Waals surface area (Å²) in [5.41, 5.74) is -0.731. The lowest BCUT2D eigenvalue weighted by atomic mass is 9.90. The maximum Gasteiger partial charge on any atom is 0.339 e. The number of anilines is 1. The number of rotatable bonds is 4. The molecule has 1 saturated heterocycles. The number of hydrogen-bond donors (Lipinski definition) is 2. The van der Waals surface area contributed by atoms with Crippen LogP contribution in [0.4, 0.5) is 10.5 Å². The van der Waals surface area contributed by atoms with Gasteiger partial charge in [-0.05, 0) is 31.5 Å². The number of ether oxygens (including phenoxy) is 2. The van der Waals surface area contributed by atoms with Gasteiger partial charge in [0.15, 0.2) is 0 Å². The number of aliphatic carboxylic acids is 1. The molecule has 0 spiro atoms. The van der Waals surface area contributed by atoms with Crippen LogP contribution >= 0.6 is 0 Å². The molecule has 2 N–H and O–H groups in total. The van der Waals surface area contributed by atoms with E-state index in [0.717, 1.165) is 0 Å². The number of esters is 2. The number of amides is 2. The minimum atomic E-state index is -1.02. The first-order valence-electron chi connectivity index (χ1n) is 7.82. The third kappa shape index (κ3) is 3.76. The molecular weight excluding hydrogens is 344 g/mol. The second kappa shape index (κ2) is 7.42. The molecule has 1 aliphatic rings. The molecule has 0 aliphatic carbocycles. The topological polar surface area (TPSA) is 122 Å². The Morgan fingerprint density at radius 2 is 1.81 bits per heavy atom. The number of benzene rings is 1. The van der Waals surface area contributed by atoms with Crippen LogP contribution in [0.25, 0.3) is 0 Å². The molecule has 0 bridgehead atoms. The van der Waals surface area contributed by atoms with Crippen molar-refractivity contribution in [2.75, 3.05) is 32.6 Å². The fourth-order valence-corrected chi connectivity index (χ4v) is 2.68. The van der Waals surface area contributed by atoms with Gasteiger partial charge in [-0.3, -0.25) is 4.79 Å². The van der Waals surface area contributed by atoms with Crippen LogP contribution in [0, 0.1) is 5.41 Å². The summed E-state index contributed by atoms with van der Waals surface area (Å²) in [6, 6.07) is 3.47. The summed E-state index contributed by atoms with van der Waals surface area (Å²) in [7, 11) is 2.41. The average molecular weight is 364 g/mol. The molecule has 1 aliphatic heterocycles. The lowest BCUT2D eigenvalue weighted by Crippen LogP contribution is -2.37. The molecular formula is C17H20N2O7. The Bertz CT molecular complexity index is 761. The van der Waals surface area contributed by atoms with Crippen molar-refractivity contribution in [3.05, 3.63) is 29.3 Å². The molecule has 1 aromatic carbocycles. The number of methoxy groups -OCH3 is 2. The Morgan fingerprint density at radius 3 is 2.35 bits per heavy atom. The number of carboxylic acid groups (broad SMARTS) is 1. The maximum absolute atomic E-state index is 12.5. The predicted molar refractivity (Wildman–Crippen MR) is 90.1 cm³/mol. The van der Waals surface area contributed by atoms with Crippen LogP contribution in [0.5, 0.6) is 0 Å². The van der Waals surface area contributed by atoms with Gasteiger partial charge in [0, 0.05) is 13.1 Å². The van der Waals surface area contributed by atoms with E-state index in [2.05, 4.69) is 14.8 Å². The Morgan fingerprint density at radius 1 is 1.15 bits per heavy atom. The monoisotopic (exact) mass is 364 g/mol. The lowest BCUT2D eigenvalue weighted by Gasteiger charge is -2.21. The highest BCUT2D eigenvalue weighted by Crippen LogP contribution is 2.31. The van der Waals surface area contributed by atoms with Gasteiger partial charge in [0.05, 0.1) is 36.4 Å². The van der Waals surface area contributed by atoms with Gasteiger partial charge in [0.25, 0.3) is 0 Å². The zero-order chi connectivity index (χ0) is 19.5. The van der Waals surface area contributed by atoms with E-state index in [1.807, 2.05) is 0 Å². The summed E-state index contributed by atoms with van der Waals surface area (Å²) in [4.78, 5) is 48.7. The molecule has 9 heteroatoms.